The molecular formula is C26H33ClFN5. The Hall–Kier alpha value is -2.39. The number of hydrogen-bond donors (Lipinski definition) is 1. The third-order valence-corrected chi connectivity index (χ3v) is 7.46. The molecule has 2 heterocycles. The molecule has 2 unspecified atom stereocenters. The van der Waals surface area contributed by atoms with Crippen molar-refractivity contribution in [2.24, 2.45) is 5.92 Å². The average Bonchev–Trinajstić information content (AvgIpc) is 3.07. The average molecular weight is 470 g/mol. The van der Waals surface area contributed by atoms with Crippen LogP contribution in [-0.2, 0) is 25.7 Å². The first kappa shape index (κ1) is 23.8. The van der Waals surface area contributed by atoms with Gasteiger partial charge in [0.25, 0.3) is 0 Å². The summed E-state index contributed by atoms with van der Waals surface area (Å²) in [6.45, 7) is 5.90. The highest BCUT2D eigenvalue weighted by Gasteiger charge is 2.31. The number of fused-ring (bicyclic) bond motifs is 1. The van der Waals surface area contributed by atoms with Crippen LogP contribution in [0, 0.1) is 23.1 Å². The van der Waals surface area contributed by atoms with Crippen LogP contribution in [0.3, 0.4) is 0 Å². The summed E-state index contributed by atoms with van der Waals surface area (Å²) in [5, 5.41) is 9.92. The largest absolute Gasteiger partial charge is 0.396 e. The van der Waals surface area contributed by atoms with Gasteiger partial charge >= 0.3 is 0 Å². The lowest BCUT2D eigenvalue weighted by Crippen LogP contribution is -2.29. The van der Waals surface area contributed by atoms with E-state index in [1.807, 2.05) is 0 Å². The molecule has 1 aromatic heterocycles. The fourth-order valence-corrected chi connectivity index (χ4v) is 5.70. The Morgan fingerprint density at radius 2 is 2.06 bits per heavy atom. The molecule has 0 radical (unpaired) electrons. The van der Waals surface area contributed by atoms with E-state index in [0.717, 1.165) is 87.4 Å². The van der Waals surface area contributed by atoms with Gasteiger partial charge in [-0.2, -0.15) is 5.26 Å². The molecule has 4 rings (SSSR count). The van der Waals surface area contributed by atoms with Crippen LogP contribution in [0.25, 0.3) is 0 Å². The number of nitrogens with two attached hydrogens (primary N) is 1. The number of anilines is 2. The Morgan fingerprint density at radius 1 is 1.24 bits per heavy atom. The van der Waals surface area contributed by atoms with Crippen LogP contribution in [0.5, 0.6) is 0 Å². The van der Waals surface area contributed by atoms with Crippen molar-refractivity contribution in [2.45, 2.75) is 77.6 Å². The van der Waals surface area contributed by atoms with E-state index in [2.05, 4.69) is 24.8 Å². The topological polar surface area (TPSA) is 78.8 Å². The van der Waals surface area contributed by atoms with E-state index in [-0.39, 0.29) is 23.3 Å². The highest BCUT2D eigenvalue weighted by molar-refractivity contribution is 6.31. The molecule has 1 aliphatic carbocycles. The molecule has 0 spiro atoms. The zero-order chi connectivity index (χ0) is 23.5. The number of benzene rings is 1. The molecule has 176 valence electrons. The van der Waals surface area contributed by atoms with Gasteiger partial charge in [0.1, 0.15) is 17.5 Å². The minimum absolute atomic E-state index is 0.000362. The molecule has 2 atom stereocenters. The third-order valence-electron chi connectivity index (χ3n) is 7.12. The maximum Gasteiger partial charge on any atom is 0.149 e. The van der Waals surface area contributed by atoms with Gasteiger partial charge in [-0.1, -0.05) is 31.9 Å². The van der Waals surface area contributed by atoms with Crippen LogP contribution in [-0.4, -0.2) is 23.1 Å². The summed E-state index contributed by atoms with van der Waals surface area (Å²) >= 11 is 6.52. The van der Waals surface area contributed by atoms with Crippen molar-refractivity contribution in [3.05, 3.63) is 45.1 Å². The van der Waals surface area contributed by atoms with E-state index in [1.165, 1.54) is 5.56 Å². The van der Waals surface area contributed by atoms with Gasteiger partial charge in [-0.05, 0) is 68.1 Å². The van der Waals surface area contributed by atoms with Crippen LogP contribution in [0.4, 0.5) is 15.9 Å². The predicted octanol–water partition coefficient (Wildman–Crippen LogP) is 5.77. The Bertz CT molecular complexity index is 1060. The van der Waals surface area contributed by atoms with Crippen LogP contribution in [0.1, 0.15) is 80.1 Å². The smallest absolute Gasteiger partial charge is 0.149 e. The van der Waals surface area contributed by atoms with Crippen LogP contribution in [0.15, 0.2) is 6.07 Å². The molecule has 33 heavy (non-hydrogen) atoms. The minimum atomic E-state index is -0.323. The number of hydrogen-bond acceptors (Lipinski definition) is 5. The zero-order valence-corrected chi connectivity index (χ0v) is 20.4. The number of nitrogen functional groups attached to an aromatic ring is 1. The van der Waals surface area contributed by atoms with Crippen molar-refractivity contribution < 1.29 is 4.39 Å². The first-order chi connectivity index (χ1) is 16.0. The molecule has 1 aromatic carbocycles. The summed E-state index contributed by atoms with van der Waals surface area (Å²) in [6.07, 6.45) is 7.47. The number of rotatable bonds is 5. The van der Waals surface area contributed by atoms with Gasteiger partial charge in [-0.25, -0.2) is 14.4 Å². The van der Waals surface area contributed by atoms with Crippen molar-refractivity contribution in [1.82, 2.24) is 9.97 Å². The minimum Gasteiger partial charge on any atom is -0.396 e. The Morgan fingerprint density at radius 3 is 2.79 bits per heavy atom. The molecule has 1 aliphatic heterocycles. The monoisotopic (exact) mass is 469 g/mol. The van der Waals surface area contributed by atoms with Gasteiger partial charge in [0.15, 0.2) is 0 Å². The van der Waals surface area contributed by atoms with E-state index < -0.39 is 0 Å². The molecule has 5 nitrogen and oxygen atoms in total. The van der Waals surface area contributed by atoms with E-state index in [9.17, 15) is 5.26 Å². The van der Waals surface area contributed by atoms with Gasteiger partial charge in [0, 0.05) is 36.0 Å². The lowest BCUT2D eigenvalue weighted by atomic mass is 9.79. The van der Waals surface area contributed by atoms with E-state index in [4.69, 9.17) is 27.3 Å². The first-order valence-electron chi connectivity index (χ1n) is 12.3. The second-order valence-corrected chi connectivity index (χ2v) is 9.74. The lowest BCUT2D eigenvalue weighted by Gasteiger charge is -2.31. The molecule has 7 heteroatoms. The Kier molecular flexibility index (Phi) is 7.38. The predicted molar refractivity (Wildman–Crippen MR) is 131 cm³/mol. The Balaban J connectivity index is 1.71. The van der Waals surface area contributed by atoms with Gasteiger partial charge in [-0.3, -0.25) is 0 Å². The normalized spacial score (nSPS) is 20.8. The number of aryl methyl sites for hydroxylation is 1. The van der Waals surface area contributed by atoms with Crippen molar-refractivity contribution >= 4 is 23.1 Å². The lowest BCUT2D eigenvalue weighted by molar-refractivity contribution is 0.520. The molecule has 0 bridgehead atoms. The summed E-state index contributed by atoms with van der Waals surface area (Å²) in [5.41, 5.74) is 9.87. The highest BCUT2D eigenvalue weighted by Crippen LogP contribution is 2.41. The summed E-state index contributed by atoms with van der Waals surface area (Å²) in [5.74, 6) is 1.64. The molecule has 0 amide bonds. The molecule has 2 aliphatic rings. The summed E-state index contributed by atoms with van der Waals surface area (Å²) < 4.78 is 15.3. The maximum atomic E-state index is 15.3. The van der Waals surface area contributed by atoms with E-state index in [1.54, 1.807) is 6.07 Å². The number of halogens is 2. The number of nitriles is 1. The van der Waals surface area contributed by atoms with Gasteiger partial charge in [0.2, 0.25) is 0 Å². The van der Waals surface area contributed by atoms with Gasteiger partial charge in [0.05, 0.1) is 17.5 Å². The number of nitrogens with zero attached hydrogens (tertiary/aromatic N) is 4. The second-order valence-electron chi connectivity index (χ2n) is 9.33. The second kappa shape index (κ2) is 10.3. The SMILES string of the molecule is CCCc1c(Cl)cc(N)c(F)c1C1CCc2c(nc(CC)nc2N2CCCC(C#N)CC2)C1. The third kappa shape index (κ3) is 4.80. The van der Waals surface area contributed by atoms with Crippen LogP contribution >= 0.6 is 11.6 Å². The number of aromatic nitrogens is 2. The molecule has 1 saturated heterocycles. The first-order valence-corrected chi connectivity index (χ1v) is 12.6. The van der Waals surface area contributed by atoms with Crippen molar-refractivity contribution in [1.29, 1.82) is 5.26 Å². The van der Waals surface area contributed by atoms with Gasteiger partial charge in [-0.15, -0.1) is 0 Å². The quantitative estimate of drug-likeness (QED) is 0.562. The fourth-order valence-electron chi connectivity index (χ4n) is 5.38. The molecule has 1 fully saturated rings. The molecule has 0 saturated carbocycles. The molecular weight excluding hydrogens is 437 g/mol. The van der Waals surface area contributed by atoms with E-state index >= 15 is 4.39 Å². The van der Waals surface area contributed by atoms with Crippen LogP contribution in [0.2, 0.25) is 5.02 Å². The summed E-state index contributed by atoms with van der Waals surface area (Å²) in [4.78, 5) is 12.2. The summed E-state index contributed by atoms with van der Waals surface area (Å²) in [7, 11) is 0. The van der Waals surface area contributed by atoms with Crippen molar-refractivity contribution in [3.8, 4) is 6.07 Å². The van der Waals surface area contributed by atoms with E-state index in [0.29, 0.717) is 17.0 Å². The molecule has 2 N–H and O–H groups in total. The van der Waals surface area contributed by atoms with Crippen molar-refractivity contribution in [3.63, 3.8) is 0 Å². The Labute approximate surface area is 201 Å². The highest BCUT2D eigenvalue weighted by atomic mass is 35.5. The fraction of sp³-hybridized carbons (Fsp3) is 0.577. The van der Waals surface area contributed by atoms with Crippen LogP contribution < -0.4 is 10.6 Å². The standard InChI is InChI=1S/C26H33ClFN5/c1-3-6-18-20(27)14-21(30)25(28)24(18)17-8-9-19-22(13-17)31-23(4-2)32-26(19)33-11-5-7-16(15-29)10-12-33/h14,16-17H,3-13,30H2,1-2H3. The maximum absolute atomic E-state index is 15.3. The summed E-state index contributed by atoms with van der Waals surface area (Å²) in [6, 6.07) is 3.99. The van der Waals surface area contributed by atoms with Gasteiger partial charge < -0.3 is 10.6 Å². The van der Waals surface area contributed by atoms with Crippen molar-refractivity contribution in [2.75, 3.05) is 23.7 Å². The molecule has 2 aromatic rings. The zero-order valence-electron chi connectivity index (χ0n) is 19.6.